The van der Waals surface area contributed by atoms with Gasteiger partial charge in [0, 0.05) is 13.1 Å². The van der Waals surface area contributed by atoms with E-state index in [4.69, 9.17) is 5.73 Å². The number of nitrogens with zero attached hydrogens (tertiary/aromatic N) is 1. The van der Waals surface area contributed by atoms with E-state index < -0.39 is 11.8 Å². The highest BCUT2D eigenvalue weighted by atomic mass is 32.1. The Hall–Kier alpha value is -1.17. The molecule has 0 radical (unpaired) electrons. The molecule has 1 heterocycles. The molecule has 17 heavy (non-hydrogen) atoms. The molecule has 2 amide bonds. The van der Waals surface area contributed by atoms with Crippen molar-refractivity contribution in [2.45, 2.75) is 26.7 Å². The molecule has 0 atom stereocenters. The van der Waals surface area contributed by atoms with Gasteiger partial charge in [0.25, 0.3) is 0 Å². The minimum absolute atomic E-state index is 0.0666. The van der Waals surface area contributed by atoms with E-state index in [2.05, 4.69) is 31.4 Å². The predicted molar refractivity (Wildman–Crippen MR) is 69.4 cm³/mol. The summed E-state index contributed by atoms with van der Waals surface area (Å²) in [6.07, 6.45) is 2.01. The Morgan fingerprint density at radius 1 is 1.47 bits per heavy atom. The van der Waals surface area contributed by atoms with E-state index in [1.165, 1.54) is 0 Å². The van der Waals surface area contributed by atoms with Crippen molar-refractivity contribution in [2.24, 2.45) is 11.1 Å². The molecule has 0 aromatic carbocycles. The predicted octanol–water partition coefficient (Wildman–Crippen LogP) is 0.0373. The Labute approximate surface area is 107 Å². The van der Waals surface area contributed by atoms with Crippen LogP contribution in [0, 0.1) is 5.41 Å². The Bertz CT molecular complexity index is 342. The maximum absolute atomic E-state index is 11.8. The molecule has 0 spiro atoms. The molecule has 0 aromatic heterocycles. The van der Waals surface area contributed by atoms with Gasteiger partial charge < -0.3 is 16.0 Å². The molecule has 1 fully saturated rings. The minimum Gasteiger partial charge on any atom is -0.392 e. The van der Waals surface area contributed by atoms with E-state index in [9.17, 15) is 9.59 Å². The zero-order valence-electron chi connectivity index (χ0n) is 10.3. The van der Waals surface area contributed by atoms with Crippen LogP contribution in [0.5, 0.6) is 0 Å². The summed E-state index contributed by atoms with van der Waals surface area (Å²) < 4.78 is 0. The molecule has 0 aliphatic carbocycles. The number of carbonyl (C=O) groups is 2. The highest BCUT2D eigenvalue weighted by molar-refractivity contribution is 7.80. The lowest BCUT2D eigenvalue weighted by atomic mass is 9.84. The van der Waals surface area contributed by atoms with Gasteiger partial charge in [-0.25, -0.2) is 0 Å². The number of piperidine rings is 1. The van der Waals surface area contributed by atoms with Crippen LogP contribution in [0.4, 0.5) is 0 Å². The first-order valence-corrected chi connectivity index (χ1v) is 6.08. The Balaban J connectivity index is 2.51. The van der Waals surface area contributed by atoms with E-state index in [1.54, 1.807) is 4.90 Å². The summed E-state index contributed by atoms with van der Waals surface area (Å²) in [6.45, 7) is 5.52. The molecule has 1 saturated heterocycles. The van der Waals surface area contributed by atoms with Crippen LogP contribution in [-0.2, 0) is 9.59 Å². The van der Waals surface area contributed by atoms with E-state index in [1.807, 2.05) is 0 Å². The van der Waals surface area contributed by atoms with Crippen LogP contribution in [0.1, 0.15) is 26.7 Å². The van der Waals surface area contributed by atoms with Crippen molar-refractivity contribution in [1.29, 1.82) is 0 Å². The molecule has 0 saturated carbocycles. The summed E-state index contributed by atoms with van der Waals surface area (Å²) in [4.78, 5) is 25.1. The largest absolute Gasteiger partial charge is 0.392 e. The van der Waals surface area contributed by atoms with Crippen LogP contribution in [0.3, 0.4) is 0 Å². The fourth-order valence-corrected chi connectivity index (χ4v) is 2.06. The summed E-state index contributed by atoms with van der Waals surface area (Å²) in [5.41, 5.74) is 5.33. The number of amides is 2. The maximum atomic E-state index is 11.8. The summed E-state index contributed by atoms with van der Waals surface area (Å²) in [7, 11) is 0. The average Bonchev–Trinajstić information content (AvgIpc) is 2.23. The van der Waals surface area contributed by atoms with Crippen LogP contribution in [-0.4, -0.2) is 41.3 Å². The van der Waals surface area contributed by atoms with Crippen LogP contribution < -0.4 is 11.1 Å². The minimum atomic E-state index is -0.629. The van der Waals surface area contributed by atoms with E-state index in [0.29, 0.717) is 13.1 Å². The second kappa shape index (κ2) is 5.44. The number of hydrogen-bond acceptors (Lipinski definition) is 3. The summed E-state index contributed by atoms with van der Waals surface area (Å²) in [5.74, 6) is -1.12. The first-order chi connectivity index (χ1) is 7.82. The van der Waals surface area contributed by atoms with Gasteiger partial charge in [-0.05, 0) is 18.3 Å². The lowest BCUT2D eigenvalue weighted by molar-refractivity contribution is -0.147. The molecule has 0 unspecified atom stereocenters. The second-order valence-corrected chi connectivity index (χ2v) is 5.67. The fraction of sp³-hybridized carbons (Fsp3) is 0.727. The summed E-state index contributed by atoms with van der Waals surface area (Å²) in [6, 6.07) is 0. The fourth-order valence-electron chi connectivity index (χ4n) is 1.98. The van der Waals surface area contributed by atoms with Crippen molar-refractivity contribution >= 4 is 29.0 Å². The molecule has 6 heteroatoms. The number of thiocarbonyl (C=S) groups is 1. The van der Waals surface area contributed by atoms with Crippen molar-refractivity contribution in [2.75, 3.05) is 19.6 Å². The Morgan fingerprint density at radius 2 is 2.12 bits per heavy atom. The number of nitrogens with one attached hydrogen (secondary N) is 1. The maximum Gasteiger partial charge on any atom is 0.311 e. The van der Waals surface area contributed by atoms with Crippen LogP contribution in [0.15, 0.2) is 0 Å². The zero-order chi connectivity index (χ0) is 13.1. The number of likely N-dealkylation sites (tertiary alicyclic amines) is 1. The first-order valence-electron chi connectivity index (χ1n) is 5.67. The molecular formula is C11H19N3O2S. The van der Waals surface area contributed by atoms with Gasteiger partial charge >= 0.3 is 11.8 Å². The molecule has 0 aromatic rings. The average molecular weight is 257 g/mol. The van der Waals surface area contributed by atoms with Crippen LogP contribution in [0.2, 0.25) is 0 Å². The Kier molecular flexibility index (Phi) is 4.45. The smallest absolute Gasteiger partial charge is 0.311 e. The van der Waals surface area contributed by atoms with Crippen molar-refractivity contribution < 1.29 is 9.59 Å². The molecule has 0 bridgehead atoms. The van der Waals surface area contributed by atoms with Gasteiger partial charge in [-0.3, -0.25) is 9.59 Å². The van der Waals surface area contributed by atoms with E-state index in [-0.39, 0.29) is 16.9 Å². The number of nitrogens with two attached hydrogens (primary N) is 1. The third-order valence-electron chi connectivity index (χ3n) is 2.81. The summed E-state index contributed by atoms with van der Waals surface area (Å²) in [5, 5.41) is 2.41. The monoisotopic (exact) mass is 257 g/mol. The van der Waals surface area contributed by atoms with E-state index in [0.717, 1.165) is 12.8 Å². The molecule has 1 rings (SSSR count). The highest BCUT2D eigenvalue weighted by Crippen LogP contribution is 2.28. The van der Waals surface area contributed by atoms with Gasteiger partial charge in [-0.15, -0.1) is 0 Å². The number of hydrogen-bond donors (Lipinski definition) is 2. The van der Waals surface area contributed by atoms with Gasteiger partial charge in [0.1, 0.15) is 0 Å². The number of rotatable bonds is 2. The zero-order valence-corrected chi connectivity index (χ0v) is 11.1. The van der Waals surface area contributed by atoms with Crippen LogP contribution in [0.25, 0.3) is 0 Å². The van der Waals surface area contributed by atoms with E-state index >= 15 is 0 Å². The van der Waals surface area contributed by atoms with Gasteiger partial charge in [-0.2, -0.15) is 0 Å². The number of carbonyl (C=O) groups excluding carboxylic acids is 2. The van der Waals surface area contributed by atoms with Gasteiger partial charge in [0.05, 0.1) is 11.5 Å². The normalized spacial score (nSPS) is 18.6. The van der Waals surface area contributed by atoms with Gasteiger partial charge in [0.15, 0.2) is 0 Å². The molecular weight excluding hydrogens is 238 g/mol. The third kappa shape index (κ3) is 4.30. The Morgan fingerprint density at radius 3 is 2.65 bits per heavy atom. The van der Waals surface area contributed by atoms with Gasteiger partial charge in [0.2, 0.25) is 0 Å². The highest BCUT2D eigenvalue weighted by Gasteiger charge is 2.31. The van der Waals surface area contributed by atoms with Crippen molar-refractivity contribution in [3.05, 3.63) is 0 Å². The lowest BCUT2D eigenvalue weighted by Crippen LogP contribution is -2.50. The first kappa shape index (κ1) is 13.9. The topological polar surface area (TPSA) is 75.4 Å². The quantitative estimate of drug-likeness (QED) is 0.541. The molecule has 1 aliphatic rings. The second-order valence-electron chi connectivity index (χ2n) is 5.14. The van der Waals surface area contributed by atoms with Crippen molar-refractivity contribution in [3.63, 3.8) is 0 Å². The molecule has 3 N–H and O–H groups in total. The SMILES string of the molecule is CC1(C)CCCN(C(=O)C(=O)NCC(N)=S)C1. The summed E-state index contributed by atoms with van der Waals surface area (Å²) >= 11 is 4.63. The van der Waals surface area contributed by atoms with Gasteiger partial charge in [-0.1, -0.05) is 26.1 Å². The third-order valence-corrected chi connectivity index (χ3v) is 2.95. The molecule has 96 valence electrons. The molecule has 5 nitrogen and oxygen atoms in total. The standard InChI is InChI=1S/C11H19N3O2S/c1-11(2)4-3-5-14(7-11)10(16)9(15)13-6-8(12)17/h3-7H2,1-2H3,(H2,12,17)(H,13,15). The molecule has 1 aliphatic heterocycles. The lowest BCUT2D eigenvalue weighted by Gasteiger charge is -2.37. The van der Waals surface area contributed by atoms with Crippen molar-refractivity contribution in [3.8, 4) is 0 Å². The van der Waals surface area contributed by atoms with Crippen molar-refractivity contribution in [1.82, 2.24) is 10.2 Å². The van der Waals surface area contributed by atoms with Crippen LogP contribution >= 0.6 is 12.2 Å².